The lowest BCUT2D eigenvalue weighted by Crippen LogP contribution is -2.00. The summed E-state index contributed by atoms with van der Waals surface area (Å²) in [6.45, 7) is 1.03. The highest BCUT2D eigenvalue weighted by molar-refractivity contribution is 7.99. The Labute approximate surface area is 99.1 Å². The van der Waals surface area contributed by atoms with Crippen LogP contribution in [0.15, 0.2) is 47.6 Å². The summed E-state index contributed by atoms with van der Waals surface area (Å²) in [7, 11) is 0. The number of hydrogen-bond donors (Lipinski definition) is 1. The molecular weight excluding hydrogens is 220 g/mol. The van der Waals surface area contributed by atoms with E-state index in [2.05, 4.69) is 5.10 Å². The number of hydrogen-bond acceptors (Lipinski definition) is 3. The molecule has 84 valence electrons. The van der Waals surface area contributed by atoms with E-state index in [9.17, 15) is 0 Å². The number of rotatable bonds is 5. The molecule has 0 radical (unpaired) electrons. The molecule has 0 fully saturated rings. The fourth-order valence-corrected chi connectivity index (χ4v) is 2.22. The molecule has 2 aromatic rings. The largest absolute Gasteiger partial charge is 0.392 e. The molecule has 0 aliphatic carbocycles. The summed E-state index contributed by atoms with van der Waals surface area (Å²) in [5, 5.41) is 13.1. The van der Waals surface area contributed by atoms with Gasteiger partial charge >= 0.3 is 0 Å². The highest BCUT2D eigenvalue weighted by atomic mass is 32.2. The first-order valence-electron chi connectivity index (χ1n) is 5.18. The Morgan fingerprint density at radius 2 is 2.06 bits per heavy atom. The van der Waals surface area contributed by atoms with E-state index in [1.54, 1.807) is 18.0 Å². The second kappa shape index (κ2) is 5.72. The summed E-state index contributed by atoms with van der Waals surface area (Å²) < 4.78 is 1.93. The third-order valence-corrected chi connectivity index (χ3v) is 3.25. The van der Waals surface area contributed by atoms with Crippen molar-refractivity contribution >= 4 is 11.8 Å². The standard InChI is InChI=1S/C12H14N2OS/c15-10-11-2-4-12(5-3-11)16-9-8-14-7-1-6-13-14/h1-7,15H,8-10H2. The Hall–Kier alpha value is -1.26. The molecule has 0 aliphatic heterocycles. The van der Waals surface area contributed by atoms with Gasteiger partial charge in [-0.1, -0.05) is 12.1 Å². The van der Waals surface area contributed by atoms with E-state index in [1.807, 2.05) is 41.2 Å². The van der Waals surface area contributed by atoms with Gasteiger partial charge in [-0.2, -0.15) is 5.10 Å². The average Bonchev–Trinajstić information content (AvgIpc) is 2.83. The normalized spacial score (nSPS) is 10.6. The third-order valence-electron chi connectivity index (χ3n) is 2.25. The van der Waals surface area contributed by atoms with Crippen LogP contribution in [-0.2, 0) is 13.2 Å². The Morgan fingerprint density at radius 1 is 1.25 bits per heavy atom. The van der Waals surface area contributed by atoms with Crippen molar-refractivity contribution in [3.05, 3.63) is 48.3 Å². The van der Waals surface area contributed by atoms with E-state index >= 15 is 0 Å². The maximum Gasteiger partial charge on any atom is 0.0681 e. The quantitative estimate of drug-likeness (QED) is 0.806. The van der Waals surface area contributed by atoms with Crippen LogP contribution in [0.5, 0.6) is 0 Å². The van der Waals surface area contributed by atoms with Gasteiger partial charge in [0.25, 0.3) is 0 Å². The van der Waals surface area contributed by atoms with E-state index in [-0.39, 0.29) is 6.61 Å². The van der Waals surface area contributed by atoms with E-state index in [1.165, 1.54) is 4.90 Å². The second-order valence-corrected chi connectivity index (χ2v) is 4.59. The van der Waals surface area contributed by atoms with Crippen molar-refractivity contribution in [2.45, 2.75) is 18.0 Å². The smallest absolute Gasteiger partial charge is 0.0681 e. The van der Waals surface area contributed by atoms with E-state index in [4.69, 9.17) is 5.11 Å². The molecule has 1 aromatic carbocycles. The van der Waals surface area contributed by atoms with Gasteiger partial charge in [0.05, 0.1) is 13.2 Å². The SMILES string of the molecule is OCc1ccc(SCCn2cccn2)cc1. The van der Waals surface area contributed by atoms with Gasteiger partial charge in [0.2, 0.25) is 0 Å². The van der Waals surface area contributed by atoms with Crippen molar-refractivity contribution < 1.29 is 5.11 Å². The lowest BCUT2D eigenvalue weighted by molar-refractivity contribution is 0.282. The predicted octanol–water partition coefficient (Wildman–Crippen LogP) is 2.17. The van der Waals surface area contributed by atoms with Gasteiger partial charge in [0, 0.05) is 23.0 Å². The highest BCUT2D eigenvalue weighted by Crippen LogP contribution is 2.18. The number of thioether (sulfide) groups is 1. The van der Waals surface area contributed by atoms with Gasteiger partial charge in [0.1, 0.15) is 0 Å². The predicted molar refractivity (Wildman–Crippen MR) is 65.3 cm³/mol. The summed E-state index contributed by atoms with van der Waals surface area (Å²) >= 11 is 1.80. The van der Waals surface area contributed by atoms with Gasteiger partial charge in [-0.05, 0) is 23.8 Å². The van der Waals surface area contributed by atoms with Crippen LogP contribution in [0, 0.1) is 0 Å². The Morgan fingerprint density at radius 3 is 2.69 bits per heavy atom. The molecule has 16 heavy (non-hydrogen) atoms. The second-order valence-electron chi connectivity index (χ2n) is 3.42. The Bertz CT molecular complexity index is 411. The monoisotopic (exact) mass is 234 g/mol. The van der Waals surface area contributed by atoms with Crippen molar-refractivity contribution in [1.29, 1.82) is 0 Å². The van der Waals surface area contributed by atoms with Gasteiger partial charge in [-0.15, -0.1) is 11.8 Å². The summed E-state index contributed by atoms with van der Waals surface area (Å²) in [5.41, 5.74) is 0.955. The zero-order chi connectivity index (χ0) is 11.2. The molecule has 1 heterocycles. The molecule has 0 amide bonds. The molecule has 3 nitrogen and oxygen atoms in total. The lowest BCUT2D eigenvalue weighted by Gasteiger charge is -2.03. The maximum absolute atomic E-state index is 8.91. The number of nitrogens with zero attached hydrogens (tertiary/aromatic N) is 2. The summed E-state index contributed by atoms with van der Waals surface area (Å²) in [5.74, 6) is 1.00. The van der Waals surface area contributed by atoms with Crippen molar-refractivity contribution in [3.8, 4) is 0 Å². The average molecular weight is 234 g/mol. The maximum atomic E-state index is 8.91. The zero-order valence-corrected chi connectivity index (χ0v) is 9.73. The molecule has 0 saturated carbocycles. The number of aromatic nitrogens is 2. The van der Waals surface area contributed by atoms with Crippen molar-refractivity contribution in [3.63, 3.8) is 0 Å². The molecule has 0 aliphatic rings. The molecule has 1 N–H and O–H groups in total. The number of benzene rings is 1. The number of aliphatic hydroxyl groups is 1. The van der Waals surface area contributed by atoms with E-state index in [0.29, 0.717) is 0 Å². The first-order chi connectivity index (χ1) is 7.88. The van der Waals surface area contributed by atoms with Crippen LogP contribution in [0.3, 0.4) is 0 Å². The van der Waals surface area contributed by atoms with Crippen LogP contribution in [0.4, 0.5) is 0 Å². The highest BCUT2D eigenvalue weighted by Gasteiger charge is 1.96. The first kappa shape index (κ1) is 11.2. The molecule has 0 saturated heterocycles. The molecule has 0 spiro atoms. The molecule has 4 heteroatoms. The number of aliphatic hydroxyl groups excluding tert-OH is 1. The molecule has 0 unspecified atom stereocenters. The Balaban J connectivity index is 1.81. The minimum atomic E-state index is 0.109. The molecule has 1 aromatic heterocycles. The van der Waals surface area contributed by atoms with Crippen LogP contribution in [0.1, 0.15) is 5.56 Å². The van der Waals surface area contributed by atoms with Gasteiger partial charge in [-0.3, -0.25) is 4.68 Å². The van der Waals surface area contributed by atoms with Crippen LogP contribution >= 0.6 is 11.8 Å². The van der Waals surface area contributed by atoms with E-state index < -0.39 is 0 Å². The zero-order valence-electron chi connectivity index (χ0n) is 8.91. The fraction of sp³-hybridized carbons (Fsp3) is 0.250. The third kappa shape index (κ3) is 3.12. The summed E-state index contributed by atoms with van der Waals surface area (Å²) in [6, 6.07) is 9.92. The molecule has 0 bridgehead atoms. The van der Waals surface area contributed by atoms with Crippen LogP contribution in [-0.4, -0.2) is 20.6 Å². The van der Waals surface area contributed by atoms with Crippen molar-refractivity contribution in [1.82, 2.24) is 9.78 Å². The Kier molecular flexibility index (Phi) is 4.02. The molecular formula is C12H14N2OS. The minimum Gasteiger partial charge on any atom is -0.392 e. The van der Waals surface area contributed by atoms with Crippen molar-refractivity contribution in [2.24, 2.45) is 0 Å². The van der Waals surface area contributed by atoms with Crippen LogP contribution in [0.25, 0.3) is 0 Å². The van der Waals surface area contributed by atoms with Crippen LogP contribution < -0.4 is 0 Å². The number of aryl methyl sites for hydroxylation is 1. The fourth-order valence-electron chi connectivity index (χ4n) is 1.38. The molecule has 0 atom stereocenters. The summed E-state index contributed by atoms with van der Waals surface area (Å²) in [6.07, 6.45) is 3.76. The first-order valence-corrected chi connectivity index (χ1v) is 6.17. The van der Waals surface area contributed by atoms with Gasteiger partial charge in [-0.25, -0.2) is 0 Å². The summed E-state index contributed by atoms with van der Waals surface area (Å²) in [4.78, 5) is 1.23. The van der Waals surface area contributed by atoms with Gasteiger partial charge in [0.15, 0.2) is 0 Å². The lowest BCUT2D eigenvalue weighted by atomic mass is 10.2. The minimum absolute atomic E-state index is 0.109. The molecule has 2 rings (SSSR count). The van der Waals surface area contributed by atoms with Gasteiger partial charge < -0.3 is 5.11 Å². The van der Waals surface area contributed by atoms with E-state index in [0.717, 1.165) is 17.9 Å². The topological polar surface area (TPSA) is 38.0 Å². The van der Waals surface area contributed by atoms with Crippen LogP contribution in [0.2, 0.25) is 0 Å². The van der Waals surface area contributed by atoms with Crippen molar-refractivity contribution in [2.75, 3.05) is 5.75 Å².